The first-order chi connectivity index (χ1) is 13.9. The predicted molar refractivity (Wildman–Crippen MR) is 111 cm³/mol. The normalized spacial score (nSPS) is 14.2. The number of anilines is 1. The van der Waals surface area contributed by atoms with E-state index in [1.807, 2.05) is 37.3 Å². The second kappa shape index (κ2) is 7.35. The van der Waals surface area contributed by atoms with Crippen LogP contribution in [0.25, 0.3) is 22.6 Å². The Morgan fingerprint density at radius 1 is 1.21 bits per heavy atom. The van der Waals surface area contributed by atoms with Crippen molar-refractivity contribution in [3.8, 4) is 0 Å². The van der Waals surface area contributed by atoms with Gasteiger partial charge in [0, 0.05) is 12.2 Å². The Balaban J connectivity index is 1.73. The number of aromatic nitrogens is 2. The Hall–Kier alpha value is -3.74. The number of carboxylic acid groups (broad SMARTS) is 1. The van der Waals surface area contributed by atoms with Crippen molar-refractivity contribution >= 4 is 40.1 Å². The number of carboxylic acids is 1. The molecule has 0 atom stereocenters. The van der Waals surface area contributed by atoms with Gasteiger partial charge in [-0.25, -0.2) is 4.98 Å². The molecule has 4 rings (SSSR count). The molecule has 0 bridgehead atoms. The molecular weight excluding hydrogens is 370 g/mol. The van der Waals surface area contributed by atoms with Gasteiger partial charge in [0.1, 0.15) is 12.2 Å². The van der Waals surface area contributed by atoms with Crippen molar-refractivity contribution in [2.75, 3.05) is 5.32 Å². The van der Waals surface area contributed by atoms with E-state index in [1.165, 1.54) is 5.56 Å². The van der Waals surface area contributed by atoms with Gasteiger partial charge in [0.25, 0.3) is 5.56 Å². The van der Waals surface area contributed by atoms with Crippen molar-refractivity contribution in [2.45, 2.75) is 26.3 Å². The molecule has 7 heteroatoms. The molecule has 2 aromatic carbocycles. The molecule has 29 heavy (non-hydrogen) atoms. The Kier molecular flexibility index (Phi) is 4.72. The highest BCUT2D eigenvalue weighted by Crippen LogP contribution is 2.28. The maximum atomic E-state index is 12.9. The van der Waals surface area contributed by atoms with E-state index in [9.17, 15) is 14.4 Å². The zero-order valence-corrected chi connectivity index (χ0v) is 15.8. The Bertz CT molecular complexity index is 1220. The predicted octanol–water partition coefficient (Wildman–Crippen LogP) is 3.06. The number of carbonyl (C=O) groups excluding carboxylic acids is 1. The van der Waals surface area contributed by atoms with Crippen molar-refractivity contribution in [1.82, 2.24) is 9.55 Å². The van der Waals surface area contributed by atoms with Crippen molar-refractivity contribution in [2.24, 2.45) is 0 Å². The average Bonchev–Trinajstić information content (AvgIpc) is 3.06. The third kappa shape index (κ3) is 3.80. The van der Waals surface area contributed by atoms with E-state index in [0.29, 0.717) is 35.4 Å². The lowest BCUT2D eigenvalue weighted by atomic mass is 10.1. The van der Waals surface area contributed by atoms with Crippen molar-refractivity contribution in [3.05, 3.63) is 69.8 Å². The summed E-state index contributed by atoms with van der Waals surface area (Å²) in [5, 5.41) is 11.7. The highest BCUT2D eigenvalue weighted by molar-refractivity contribution is 6.02. The third-order valence-corrected chi connectivity index (χ3v) is 4.86. The molecule has 7 nitrogen and oxygen atoms in total. The lowest BCUT2D eigenvalue weighted by Gasteiger charge is -2.08. The number of fused-ring (bicyclic) bond motifs is 2. The third-order valence-electron chi connectivity index (χ3n) is 4.86. The van der Waals surface area contributed by atoms with Gasteiger partial charge in [0.05, 0.1) is 10.9 Å². The molecule has 2 heterocycles. The molecule has 1 aromatic heterocycles. The molecule has 1 aliphatic heterocycles. The number of amides is 1. The molecule has 0 saturated heterocycles. The van der Waals surface area contributed by atoms with E-state index in [-0.39, 0.29) is 5.56 Å². The van der Waals surface area contributed by atoms with E-state index in [2.05, 4.69) is 10.3 Å². The number of hydrogen-bond donors (Lipinski definition) is 2. The number of rotatable bonds is 4. The molecular formula is C22H19N3O4. The summed E-state index contributed by atoms with van der Waals surface area (Å²) in [4.78, 5) is 39.9. The summed E-state index contributed by atoms with van der Waals surface area (Å²) >= 11 is 0. The quantitative estimate of drug-likeness (QED) is 0.668. The van der Waals surface area contributed by atoms with Crippen LogP contribution < -0.4 is 10.9 Å². The van der Waals surface area contributed by atoms with Crippen LogP contribution in [0.3, 0.4) is 0 Å². The van der Waals surface area contributed by atoms with Crippen molar-refractivity contribution in [3.63, 3.8) is 0 Å². The van der Waals surface area contributed by atoms with Crippen LogP contribution in [-0.4, -0.2) is 26.5 Å². The van der Waals surface area contributed by atoms with Crippen LogP contribution in [0.1, 0.15) is 29.8 Å². The molecule has 0 spiro atoms. The first kappa shape index (κ1) is 18.6. The van der Waals surface area contributed by atoms with Gasteiger partial charge in [0.2, 0.25) is 5.91 Å². The molecule has 1 amide bonds. The fourth-order valence-corrected chi connectivity index (χ4v) is 3.44. The van der Waals surface area contributed by atoms with Crippen LogP contribution in [0, 0.1) is 6.92 Å². The van der Waals surface area contributed by atoms with Crippen LogP contribution in [0.4, 0.5) is 5.69 Å². The van der Waals surface area contributed by atoms with E-state index in [4.69, 9.17) is 5.11 Å². The van der Waals surface area contributed by atoms with Crippen molar-refractivity contribution < 1.29 is 14.7 Å². The van der Waals surface area contributed by atoms with Crippen LogP contribution in [0.5, 0.6) is 0 Å². The number of aliphatic carboxylic acids is 1. The van der Waals surface area contributed by atoms with Gasteiger partial charge in [-0.15, -0.1) is 0 Å². The molecule has 146 valence electrons. The van der Waals surface area contributed by atoms with Gasteiger partial charge in [-0.05, 0) is 48.8 Å². The fourth-order valence-electron chi connectivity index (χ4n) is 3.44. The van der Waals surface area contributed by atoms with Gasteiger partial charge >= 0.3 is 5.97 Å². The molecule has 1 aliphatic rings. The van der Waals surface area contributed by atoms with Crippen molar-refractivity contribution in [1.29, 1.82) is 0 Å². The maximum Gasteiger partial charge on any atom is 0.312 e. The van der Waals surface area contributed by atoms with E-state index in [1.54, 1.807) is 22.8 Å². The lowest BCUT2D eigenvalue weighted by Crippen LogP contribution is -2.21. The van der Waals surface area contributed by atoms with Crippen LogP contribution in [-0.2, 0) is 16.1 Å². The summed E-state index contributed by atoms with van der Waals surface area (Å²) in [7, 11) is 0. The lowest BCUT2D eigenvalue weighted by molar-refractivity contribution is -0.139. The summed E-state index contributed by atoms with van der Waals surface area (Å²) < 4.78 is 1.67. The fraction of sp³-hybridized carbons (Fsp3) is 0.182. The molecule has 0 radical (unpaired) electrons. The van der Waals surface area contributed by atoms with E-state index < -0.39 is 18.3 Å². The molecule has 0 aliphatic carbocycles. The number of nitrogens with one attached hydrogen (secondary N) is 1. The van der Waals surface area contributed by atoms with Gasteiger partial charge in [-0.3, -0.25) is 19.0 Å². The van der Waals surface area contributed by atoms with Crippen LogP contribution in [0.15, 0.2) is 47.3 Å². The summed E-state index contributed by atoms with van der Waals surface area (Å²) in [6.07, 6.45) is 2.13. The van der Waals surface area contributed by atoms with Crippen LogP contribution in [0.2, 0.25) is 0 Å². The van der Waals surface area contributed by atoms with Gasteiger partial charge < -0.3 is 10.4 Å². The zero-order valence-electron chi connectivity index (χ0n) is 15.8. The molecule has 0 fully saturated rings. The molecule has 2 N–H and O–H groups in total. The molecule has 0 saturated carbocycles. The smallest absolute Gasteiger partial charge is 0.312 e. The number of hydrogen-bond acceptors (Lipinski definition) is 4. The van der Waals surface area contributed by atoms with Gasteiger partial charge in [-0.1, -0.05) is 29.8 Å². The Morgan fingerprint density at radius 2 is 1.97 bits per heavy atom. The van der Waals surface area contributed by atoms with E-state index in [0.717, 1.165) is 11.1 Å². The summed E-state index contributed by atoms with van der Waals surface area (Å²) in [6.45, 7) is 2.60. The number of nitrogens with zero attached hydrogens (tertiary/aromatic N) is 2. The first-order valence-corrected chi connectivity index (χ1v) is 9.24. The Morgan fingerprint density at radius 3 is 2.69 bits per heavy atom. The minimum absolute atomic E-state index is 0.124. The number of benzene rings is 2. The minimum Gasteiger partial charge on any atom is -0.481 e. The minimum atomic E-state index is -1.21. The summed E-state index contributed by atoms with van der Waals surface area (Å²) in [6, 6.07) is 12.9. The highest BCUT2D eigenvalue weighted by Gasteiger charge is 2.21. The Labute approximate surface area is 166 Å². The van der Waals surface area contributed by atoms with Crippen LogP contribution >= 0.6 is 0 Å². The second-order valence-electron chi connectivity index (χ2n) is 7.07. The first-order valence-electron chi connectivity index (χ1n) is 9.24. The topological polar surface area (TPSA) is 101 Å². The average molecular weight is 389 g/mol. The SMILES string of the molecule is Cc1ccc(/C=C2\CCn3c2nc2cc(NC(=O)CC(=O)O)ccc2c3=O)cc1. The monoisotopic (exact) mass is 389 g/mol. The maximum absolute atomic E-state index is 12.9. The number of allylic oxidation sites excluding steroid dienone is 1. The summed E-state index contributed by atoms with van der Waals surface area (Å²) in [5.74, 6) is -1.21. The largest absolute Gasteiger partial charge is 0.481 e. The number of carbonyl (C=O) groups is 2. The number of aryl methyl sites for hydroxylation is 1. The summed E-state index contributed by atoms with van der Waals surface area (Å²) in [5.41, 5.74) is 3.95. The van der Waals surface area contributed by atoms with Gasteiger partial charge in [0.15, 0.2) is 0 Å². The zero-order chi connectivity index (χ0) is 20.5. The standard InChI is InChI=1S/C22H19N3O4/c1-13-2-4-14(5-3-13)10-15-8-9-25-21(15)24-18-11-16(6-7-17(18)22(25)29)23-19(26)12-20(27)28/h2-7,10-11H,8-9,12H2,1H3,(H,23,26)(H,27,28)/b15-10+. The highest BCUT2D eigenvalue weighted by atomic mass is 16.4. The second-order valence-corrected chi connectivity index (χ2v) is 7.07. The van der Waals surface area contributed by atoms with E-state index >= 15 is 0 Å². The molecule has 0 unspecified atom stereocenters. The molecule has 3 aromatic rings. The van der Waals surface area contributed by atoms with Gasteiger partial charge in [-0.2, -0.15) is 0 Å².